The number of alkyl halides is 3. The Kier molecular flexibility index (Phi) is 4.08. The van der Waals surface area contributed by atoms with E-state index in [2.05, 4.69) is 10.1 Å². The van der Waals surface area contributed by atoms with Crippen LogP contribution in [0.4, 0.5) is 13.2 Å². The summed E-state index contributed by atoms with van der Waals surface area (Å²) in [6.45, 7) is 4.41. The van der Waals surface area contributed by atoms with E-state index in [1.807, 2.05) is 18.9 Å². The lowest BCUT2D eigenvalue weighted by atomic mass is 10.1. The summed E-state index contributed by atoms with van der Waals surface area (Å²) in [6.07, 6.45) is -4.58. The second-order valence-corrected chi connectivity index (χ2v) is 4.22. The van der Waals surface area contributed by atoms with E-state index in [1.54, 1.807) is 24.3 Å². The van der Waals surface area contributed by atoms with E-state index in [4.69, 9.17) is 4.74 Å². The molecule has 108 valence electrons. The lowest BCUT2D eigenvalue weighted by Crippen LogP contribution is -2.07. The minimum atomic E-state index is -4.52. The van der Waals surface area contributed by atoms with Crippen molar-refractivity contribution in [1.82, 2.24) is 15.2 Å². The highest BCUT2D eigenvalue weighted by atomic mass is 19.4. The van der Waals surface area contributed by atoms with Gasteiger partial charge in [0, 0.05) is 12.2 Å². The number of nitrogens with one attached hydrogen (secondary N) is 1. The molecule has 1 N–H and O–H groups in total. The average molecular weight is 285 g/mol. The molecule has 1 aromatic carbocycles. The largest absolute Gasteiger partial charge is 0.451 e. The fourth-order valence-electron chi connectivity index (χ4n) is 1.77. The molecule has 0 unspecified atom stereocenters. The number of hydrogen-bond donors (Lipinski definition) is 1. The number of halogens is 3. The SMILES string of the molecule is CCO[C@H](C)c1ccc(-c2n[nH]c(C(F)(F)F)n2)cc1. The highest BCUT2D eigenvalue weighted by Gasteiger charge is 2.35. The molecule has 0 aliphatic carbocycles. The minimum Gasteiger partial charge on any atom is -0.374 e. The minimum absolute atomic E-state index is 0.0212. The first-order valence-electron chi connectivity index (χ1n) is 6.13. The maximum absolute atomic E-state index is 12.4. The Bertz CT molecular complexity index is 563. The normalized spacial score (nSPS) is 13.4. The molecule has 4 nitrogen and oxygen atoms in total. The van der Waals surface area contributed by atoms with Crippen LogP contribution in [0.3, 0.4) is 0 Å². The molecule has 2 rings (SSSR count). The third-order valence-corrected chi connectivity index (χ3v) is 2.81. The smallest absolute Gasteiger partial charge is 0.374 e. The van der Waals surface area contributed by atoms with Crippen molar-refractivity contribution in [2.45, 2.75) is 26.1 Å². The highest BCUT2D eigenvalue weighted by molar-refractivity contribution is 5.55. The van der Waals surface area contributed by atoms with E-state index in [-0.39, 0.29) is 11.9 Å². The lowest BCUT2D eigenvalue weighted by Gasteiger charge is -2.11. The standard InChI is InChI=1S/C13H14F3N3O/c1-3-20-8(2)9-4-6-10(7-5-9)11-17-12(19-18-11)13(14,15)16/h4-8H,3H2,1-2H3,(H,17,18,19)/t8-/m1/s1. The van der Waals surface area contributed by atoms with Gasteiger partial charge in [-0.3, -0.25) is 5.10 Å². The highest BCUT2D eigenvalue weighted by Crippen LogP contribution is 2.28. The van der Waals surface area contributed by atoms with E-state index >= 15 is 0 Å². The van der Waals surface area contributed by atoms with Gasteiger partial charge >= 0.3 is 6.18 Å². The monoisotopic (exact) mass is 285 g/mol. The Balaban J connectivity index is 2.20. The van der Waals surface area contributed by atoms with Crippen LogP contribution in [0.1, 0.15) is 31.3 Å². The number of hydrogen-bond acceptors (Lipinski definition) is 3. The number of nitrogens with zero attached hydrogens (tertiary/aromatic N) is 2. The van der Waals surface area contributed by atoms with Crippen LogP contribution >= 0.6 is 0 Å². The van der Waals surface area contributed by atoms with Gasteiger partial charge in [-0.05, 0) is 19.4 Å². The molecule has 0 saturated heterocycles. The average Bonchev–Trinajstić information content (AvgIpc) is 2.89. The summed E-state index contributed by atoms with van der Waals surface area (Å²) in [7, 11) is 0. The van der Waals surface area contributed by atoms with E-state index < -0.39 is 12.0 Å². The zero-order valence-corrected chi connectivity index (χ0v) is 11.0. The molecular formula is C13H14F3N3O. The third kappa shape index (κ3) is 3.16. The molecule has 0 fully saturated rings. The zero-order chi connectivity index (χ0) is 14.8. The zero-order valence-electron chi connectivity index (χ0n) is 11.0. The first-order chi connectivity index (χ1) is 9.41. The Morgan fingerprint density at radius 1 is 1.25 bits per heavy atom. The second kappa shape index (κ2) is 5.62. The predicted molar refractivity (Wildman–Crippen MR) is 66.9 cm³/mol. The fourth-order valence-corrected chi connectivity index (χ4v) is 1.77. The van der Waals surface area contributed by atoms with Crippen molar-refractivity contribution in [1.29, 1.82) is 0 Å². The Hall–Kier alpha value is -1.89. The van der Waals surface area contributed by atoms with E-state index in [9.17, 15) is 13.2 Å². The van der Waals surface area contributed by atoms with Crippen molar-refractivity contribution in [3.63, 3.8) is 0 Å². The maximum Gasteiger partial charge on any atom is 0.451 e. The topological polar surface area (TPSA) is 50.8 Å². The summed E-state index contributed by atoms with van der Waals surface area (Å²) in [4.78, 5) is 3.44. The van der Waals surface area contributed by atoms with Gasteiger partial charge in [0.25, 0.3) is 0 Å². The van der Waals surface area contributed by atoms with Gasteiger partial charge in [0.1, 0.15) is 0 Å². The molecule has 0 aliphatic rings. The Morgan fingerprint density at radius 2 is 1.90 bits per heavy atom. The number of rotatable bonds is 4. The molecular weight excluding hydrogens is 271 g/mol. The van der Waals surface area contributed by atoms with E-state index in [1.165, 1.54) is 0 Å². The van der Waals surface area contributed by atoms with Gasteiger partial charge in [0.2, 0.25) is 5.82 Å². The quantitative estimate of drug-likeness (QED) is 0.934. The summed E-state index contributed by atoms with van der Waals surface area (Å²) in [5, 5.41) is 5.47. The predicted octanol–water partition coefficient (Wildman–Crippen LogP) is 3.59. The molecule has 20 heavy (non-hydrogen) atoms. The number of benzene rings is 1. The van der Waals surface area contributed by atoms with Crippen LogP contribution in [0.2, 0.25) is 0 Å². The second-order valence-electron chi connectivity index (χ2n) is 4.22. The summed E-state index contributed by atoms with van der Waals surface area (Å²) < 4.78 is 42.7. The first kappa shape index (κ1) is 14.5. The van der Waals surface area contributed by atoms with Crippen LogP contribution in [0.15, 0.2) is 24.3 Å². The van der Waals surface area contributed by atoms with Crippen LogP contribution < -0.4 is 0 Å². The lowest BCUT2D eigenvalue weighted by molar-refractivity contribution is -0.144. The number of aromatic amines is 1. The fraction of sp³-hybridized carbons (Fsp3) is 0.385. The molecule has 0 amide bonds. The van der Waals surface area contributed by atoms with E-state index in [0.29, 0.717) is 12.2 Å². The molecule has 1 heterocycles. The maximum atomic E-state index is 12.4. The molecule has 0 spiro atoms. The van der Waals surface area contributed by atoms with Gasteiger partial charge in [-0.1, -0.05) is 24.3 Å². The summed E-state index contributed by atoms with van der Waals surface area (Å²) in [5.41, 5.74) is 1.46. The van der Waals surface area contributed by atoms with Crippen molar-refractivity contribution in [2.24, 2.45) is 0 Å². The molecule has 7 heteroatoms. The van der Waals surface area contributed by atoms with Gasteiger partial charge in [-0.15, -0.1) is 0 Å². The Morgan fingerprint density at radius 3 is 2.40 bits per heavy atom. The van der Waals surface area contributed by atoms with Crippen molar-refractivity contribution < 1.29 is 17.9 Å². The molecule has 0 radical (unpaired) electrons. The van der Waals surface area contributed by atoms with Crippen molar-refractivity contribution >= 4 is 0 Å². The van der Waals surface area contributed by atoms with Gasteiger partial charge in [0.05, 0.1) is 6.10 Å². The molecule has 0 saturated carbocycles. The van der Waals surface area contributed by atoms with Crippen molar-refractivity contribution in [3.8, 4) is 11.4 Å². The van der Waals surface area contributed by atoms with Crippen molar-refractivity contribution in [2.75, 3.05) is 6.61 Å². The molecule has 0 bridgehead atoms. The summed E-state index contributed by atoms with van der Waals surface area (Å²) >= 11 is 0. The third-order valence-electron chi connectivity index (χ3n) is 2.81. The summed E-state index contributed by atoms with van der Waals surface area (Å²) in [6, 6.07) is 6.93. The molecule has 0 aliphatic heterocycles. The van der Waals surface area contributed by atoms with E-state index in [0.717, 1.165) is 5.56 Å². The molecule has 1 aromatic heterocycles. The van der Waals surface area contributed by atoms with Crippen LogP contribution in [0, 0.1) is 0 Å². The Labute approximate surface area is 114 Å². The summed E-state index contributed by atoms with van der Waals surface area (Å²) in [5.74, 6) is -1.08. The molecule has 2 aromatic rings. The van der Waals surface area contributed by atoms with Gasteiger partial charge in [-0.25, -0.2) is 4.98 Å². The first-order valence-corrected chi connectivity index (χ1v) is 6.13. The van der Waals surface area contributed by atoms with Crippen LogP contribution in [-0.4, -0.2) is 21.8 Å². The molecule has 1 atom stereocenters. The van der Waals surface area contributed by atoms with Crippen LogP contribution in [0.25, 0.3) is 11.4 Å². The van der Waals surface area contributed by atoms with Crippen LogP contribution in [-0.2, 0) is 10.9 Å². The van der Waals surface area contributed by atoms with Gasteiger partial charge < -0.3 is 4.74 Å². The van der Waals surface area contributed by atoms with Crippen molar-refractivity contribution in [3.05, 3.63) is 35.7 Å². The van der Waals surface area contributed by atoms with Gasteiger partial charge in [0.15, 0.2) is 5.82 Å². The number of ether oxygens (including phenoxy) is 1. The van der Waals surface area contributed by atoms with Gasteiger partial charge in [-0.2, -0.15) is 18.3 Å². The number of aromatic nitrogens is 3. The number of H-pyrrole nitrogens is 1. The van der Waals surface area contributed by atoms with Crippen LogP contribution in [0.5, 0.6) is 0 Å².